The lowest BCUT2D eigenvalue weighted by atomic mass is 9.96. The summed E-state index contributed by atoms with van der Waals surface area (Å²) in [6.07, 6.45) is -3.17. The number of benzene rings is 1. The van der Waals surface area contributed by atoms with E-state index < -0.39 is 11.9 Å². The first kappa shape index (κ1) is 11.8. The highest BCUT2D eigenvalue weighted by Gasteiger charge is 2.37. The highest BCUT2D eigenvalue weighted by atomic mass is 19.4. The molecule has 0 aliphatic carbocycles. The van der Waals surface area contributed by atoms with E-state index >= 15 is 0 Å². The highest BCUT2D eigenvalue weighted by molar-refractivity contribution is 6.33. The van der Waals surface area contributed by atoms with Gasteiger partial charge in [-0.25, -0.2) is 4.68 Å². The van der Waals surface area contributed by atoms with Gasteiger partial charge in [0, 0.05) is 6.20 Å². The van der Waals surface area contributed by atoms with Crippen LogP contribution in [0.3, 0.4) is 0 Å². The molecule has 0 radical (unpaired) electrons. The van der Waals surface area contributed by atoms with Gasteiger partial charge < -0.3 is 0 Å². The smallest absolute Gasteiger partial charge is 0.229 e. The summed E-state index contributed by atoms with van der Waals surface area (Å²) in [7, 11) is 1.40. The van der Waals surface area contributed by atoms with Gasteiger partial charge in [-0.3, -0.25) is 0 Å². The van der Waals surface area contributed by atoms with Crippen molar-refractivity contribution in [2.45, 2.75) is 13.1 Å². The first-order chi connectivity index (χ1) is 7.89. The van der Waals surface area contributed by atoms with Gasteiger partial charge in [0.2, 0.25) is 0 Å². The standard InChI is InChI=1S/C11H10BF3N2/c1-7-2-4-8(5-3-7)17-10(11(13,14)15)9(12)6-16-17/h2-6H,12H2,1H3. The lowest BCUT2D eigenvalue weighted by Crippen LogP contribution is -2.22. The zero-order chi connectivity index (χ0) is 12.6. The predicted octanol–water partition coefficient (Wildman–Crippen LogP) is 1.46. The summed E-state index contributed by atoms with van der Waals surface area (Å²) in [5.41, 5.74) is 0.807. The van der Waals surface area contributed by atoms with Gasteiger partial charge in [0.1, 0.15) is 13.5 Å². The van der Waals surface area contributed by atoms with E-state index in [2.05, 4.69) is 5.10 Å². The van der Waals surface area contributed by atoms with E-state index in [1.807, 2.05) is 6.92 Å². The number of alkyl halides is 3. The molecular formula is C11H10BF3N2. The zero-order valence-corrected chi connectivity index (χ0v) is 9.42. The quantitative estimate of drug-likeness (QED) is 0.687. The minimum atomic E-state index is -4.40. The number of nitrogens with zero attached hydrogens (tertiary/aromatic N) is 2. The van der Waals surface area contributed by atoms with E-state index in [-0.39, 0.29) is 5.46 Å². The van der Waals surface area contributed by atoms with Gasteiger partial charge in [-0.15, -0.1) is 0 Å². The number of rotatable bonds is 1. The number of hydrogen-bond donors (Lipinski definition) is 0. The van der Waals surface area contributed by atoms with Crippen LogP contribution in [0.15, 0.2) is 30.5 Å². The van der Waals surface area contributed by atoms with Crippen LogP contribution in [0.2, 0.25) is 0 Å². The third-order valence-electron chi connectivity index (χ3n) is 2.50. The normalized spacial score (nSPS) is 11.8. The van der Waals surface area contributed by atoms with E-state index in [1.54, 1.807) is 24.3 Å². The van der Waals surface area contributed by atoms with Crippen LogP contribution < -0.4 is 5.46 Å². The van der Waals surface area contributed by atoms with Crippen molar-refractivity contribution in [3.05, 3.63) is 41.7 Å². The summed E-state index contributed by atoms with van der Waals surface area (Å²) in [6, 6.07) is 6.76. The first-order valence-electron chi connectivity index (χ1n) is 5.08. The van der Waals surface area contributed by atoms with E-state index in [0.717, 1.165) is 10.2 Å². The molecule has 0 bridgehead atoms. The van der Waals surface area contributed by atoms with Gasteiger partial charge >= 0.3 is 6.18 Å². The molecule has 0 aliphatic heterocycles. The molecule has 0 unspecified atom stereocenters. The number of aromatic nitrogens is 2. The molecule has 0 aliphatic rings. The predicted molar refractivity (Wildman–Crippen MR) is 61.5 cm³/mol. The van der Waals surface area contributed by atoms with Crippen LogP contribution in [0.1, 0.15) is 11.3 Å². The van der Waals surface area contributed by atoms with Crippen LogP contribution in [0.5, 0.6) is 0 Å². The van der Waals surface area contributed by atoms with Crippen molar-refractivity contribution in [1.29, 1.82) is 0 Å². The molecule has 1 aromatic heterocycles. The molecule has 17 heavy (non-hydrogen) atoms. The Kier molecular flexibility index (Phi) is 2.73. The molecule has 0 atom stereocenters. The summed E-state index contributed by atoms with van der Waals surface area (Å²) in [4.78, 5) is 0. The molecule has 1 heterocycles. The van der Waals surface area contributed by atoms with Gasteiger partial charge in [-0.1, -0.05) is 17.7 Å². The zero-order valence-electron chi connectivity index (χ0n) is 9.42. The average Bonchev–Trinajstić information content (AvgIpc) is 2.61. The van der Waals surface area contributed by atoms with Gasteiger partial charge in [-0.05, 0) is 24.5 Å². The third kappa shape index (κ3) is 2.20. The molecule has 2 rings (SSSR count). The molecule has 0 amide bonds. The monoisotopic (exact) mass is 238 g/mol. The van der Waals surface area contributed by atoms with Crippen molar-refractivity contribution in [3.63, 3.8) is 0 Å². The molecule has 88 valence electrons. The van der Waals surface area contributed by atoms with Crippen LogP contribution in [0, 0.1) is 6.92 Å². The molecular weight excluding hydrogens is 228 g/mol. The topological polar surface area (TPSA) is 17.8 Å². The third-order valence-corrected chi connectivity index (χ3v) is 2.50. The molecule has 0 N–H and O–H groups in total. The van der Waals surface area contributed by atoms with Crippen molar-refractivity contribution in [2.24, 2.45) is 0 Å². The van der Waals surface area contributed by atoms with E-state index in [1.165, 1.54) is 14.0 Å². The summed E-state index contributed by atoms with van der Waals surface area (Å²) >= 11 is 0. The Labute approximate surface area is 97.5 Å². The second-order valence-electron chi connectivity index (χ2n) is 3.92. The number of aryl methyl sites for hydroxylation is 1. The average molecular weight is 238 g/mol. The van der Waals surface area contributed by atoms with E-state index in [4.69, 9.17) is 0 Å². The lowest BCUT2D eigenvalue weighted by Gasteiger charge is -2.11. The number of halogens is 3. The van der Waals surface area contributed by atoms with Crippen molar-refractivity contribution in [1.82, 2.24) is 9.78 Å². The second kappa shape index (κ2) is 3.94. The summed E-state index contributed by atoms with van der Waals surface area (Å²) < 4.78 is 39.5. The fourth-order valence-corrected chi connectivity index (χ4v) is 1.66. The van der Waals surface area contributed by atoms with Crippen molar-refractivity contribution in [2.75, 3.05) is 0 Å². The van der Waals surface area contributed by atoms with E-state index in [9.17, 15) is 13.2 Å². The molecule has 0 spiro atoms. The van der Waals surface area contributed by atoms with Crippen LogP contribution in [0.25, 0.3) is 5.69 Å². The van der Waals surface area contributed by atoms with E-state index in [0.29, 0.717) is 5.69 Å². The largest absolute Gasteiger partial charge is 0.432 e. The van der Waals surface area contributed by atoms with Crippen LogP contribution in [0.4, 0.5) is 13.2 Å². The van der Waals surface area contributed by atoms with Crippen molar-refractivity contribution < 1.29 is 13.2 Å². The molecule has 0 fully saturated rings. The fourth-order valence-electron chi connectivity index (χ4n) is 1.66. The maximum Gasteiger partial charge on any atom is 0.432 e. The van der Waals surface area contributed by atoms with Gasteiger partial charge in [0.05, 0.1) is 5.69 Å². The molecule has 6 heteroatoms. The highest BCUT2D eigenvalue weighted by Crippen LogP contribution is 2.29. The fraction of sp³-hybridized carbons (Fsp3) is 0.182. The van der Waals surface area contributed by atoms with Crippen molar-refractivity contribution >= 4 is 13.3 Å². The van der Waals surface area contributed by atoms with Crippen molar-refractivity contribution in [3.8, 4) is 5.69 Å². The summed E-state index contributed by atoms with van der Waals surface area (Å²) in [6.45, 7) is 1.88. The molecule has 0 saturated heterocycles. The molecule has 0 saturated carbocycles. The molecule has 2 nitrogen and oxygen atoms in total. The minimum absolute atomic E-state index is 0.123. The Morgan fingerprint density at radius 3 is 2.29 bits per heavy atom. The van der Waals surface area contributed by atoms with Crippen LogP contribution >= 0.6 is 0 Å². The Bertz CT molecular complexity index is 529. The summed E-state index contributed by atoms with van der Waals surface area (Å²) in [5, 5.41) is 3.78. The number of hydrogen-bond acceptors (Lipinski definition) is 1. The Morgan fingerprint density at radius 2 is 1.76 bits per heavy atom. The Balaban J connectivity index is 2.57. The van der Waals surface area contributed by atoms with Crippen LogP contribution in [-0.4, -0.2) is 17.6 Å². The minimum Gasteiger partial charge on any atom is -0.229 e. The van der Waals surface area contributed by atoms with Gasteiger partial charge in [-0.2, -0.15) is 18.3 Å². The molecule has 2 aromatic rings. The SMILES string of the molecule is Bc1cnn(-c2ccc(C)cc2)c1C(F)(F)F. The lowest BCUT2D eigenvalue weighted by molar-refractivity contribution is -0.141. The Morgan fingerprint density at radius 1 is 1.18 bits per heavy atom. The van der Waals surface area contributed by atoms with Gasteiger partial charge in [0.25, 0.3) is 0 Å². The maximum atomic E-state index is 12.8. The molecule has 1 aromatic carbocycles. The van der Waals surface area contributed by atoms with Crippen LogP contribution in [-0.2, 0) is 6.18 Å². The maximum absolute atomic E-state index is 12.8. The van der Waals surface area contributed by atoms with Gasteiger partial charge in [0.15, 0.2) is 0 Å². The summed E-state index contributed by atoms with van der Waals surface area (Å²) in [5.74, 6) is 0. The first-order valence-corrected chi connectivity index (χ1v) is 5.08. The second-order valence-corrected chi connectivity index (χ2v) is 3.92. The Hall–Kier alpha value is -1.72.